The zero-order valence-electron chi connectivity index (χ0n) is 15.8. The van der Waals surface area contributed by atoms with Crippen LogP contribution in [0.5, 0.6) is 0 Å². The molecule has 3 rings (SSSR count). The van der Waals surface area contributed by atoms with Crippen LogP contribution in [0.4, 0.5) is 0 Å². The Morgan fingerprint density at radius 1 is 1.04 bits per heavy atom. The normalized spacial score (nSPS) is 17.7. The van der Waals surface area contributed by atoms with Crippen LogP contribution in [0, 0.1) is 13.8 Å². The number of sulfonamides is 1. The molecule has 1 aliphatic rings. The fraction of sp³-hybridized carbons (Fsp3) is 0.688. The summed E-state index contributed by atoms with van der Waals surface area (Å²) in [6, 6.07) is 0. The Bertz CT molecular complexity index is 853. The second kappa shape index (κ2) is 6.75. The summed E-state index contributed by atoms with van der Waals surface area (Å²) in [5.74, 6) is 1.55. The van der Waals surface area contributed by atoms with E-state index in [1.54, 1.807) is 13.8 Å². The van der Waals surface area contributed by atoms with Gasteiger partial charge < -0.3 is 9.05 Å². The van der Waals surface area contributed by atoms with Crippen molar-refractivity contribution in [2.75, 3.05) is 26.2 Å². The molecule has 0 unspecified atom stereocenters. The molecule has 2 aromatic heterocycles. The summed E-state index contributed by atoms with van der Waals surface area (Å²) in [5.41, 5.74) is 0.230. The summed E-state index contributed by atoms with van der Waals surface area (Å²) in [5, 5.41) is 7.78. The van der Waals surface area contributed by atoms with E-state index < -0.39 is 10.0 Å². The Kier molecular flexibility index (Phi) is 4.93. The van der Waals surface area contributed by atoms with Gasteiger partial charge in [0.2, 0.25) is 15.9 Å². The van der Waals surface area contributed by atoms with Crippen molar-refractivity contribution in [2.45, 2.75) is 51.5 Å². The molecule has 3 heterocycles. The molecule has 10 heteroatoms. The van der Waals surface area contributed by atoms with Crippen molar-refractivity contribution in [1.82, 2.24) is 24.5 Å². The Balaban J connectivity index is 1.63. The Labute approximate surface area is 153 Å². The maximum absolute atomic E-state index is 12.8. The third kappa shape index (κ3) is 3.67. The molecular formula is C16H25N5O4S. The van der Waals surface area contributed by atoms with Crippen molar-refractivity contribution >= 4 is 10.0 Å². The average molecular weight is 383 g/mol. The first-order chi connectivity index (χ1) is 12.1. The van der Waals surface area contributed by atoms with Gasteiger partial charge in [-0.3, -0.25) is 4.90 Å². The minimum Gasteiger partial charge on any atom is -0.360 e. The molecule has 0 bridgehead atoms. The number of rotatable bonds is 4. The molecular weight excluding hydrogens is 358 g/mol. The molecule has 26 heavy (non-hydrogen) atoms. The second-order valence-electron chi connectivity index (χ2n) is 7.60. The molecule has 2 aromatic rings. The highest BCUT2D eigenvalue weighted by Gasteiger charge is 2.33. The Morgan fingerprint density at radius 3 is 2.19 bits per heavy atom. The molecule has 0 amide bonds. The van der Waals surface area contributed by atoms with E-state index in [1.807, 2.05) is 20.8 Å². The van der Waals surface area contributed by atoms with Gasteiger partial charge in [-0.2, -0.15) is 9.29 Å². The molecule has 0 aliphatic carbocycles. The van der Waals surface area contributed by atoms with Crippen LogP contribution < -0.4 is 0 Å². The summed E-state index contributed by atoms with van der Waals surface area (Å²) in [7, 11) is -3.59. The first-order valence-electron chi connectivity index (χ1n) is 8.57. The maximum atomic E-state index is 12.8. The lowest BCUT2D eigenvalue weighted by molar-refractivity contribution is 0.163. The minimum atomic E-state index is -3.59. The van der Waals surface area contributed by atoms with E-state index in [1.165, 1.54) is 4.31 Å². The molecule has 0 spiro atoms. The molecule has 0 radical (unpaired) electrons. The van der Waals surface area contributed by atoms with E-state index in [9.17, 15) is 8.42 Å². The van der Waals surface area contributed by atoms with Gasteiger partial charge in [-0.1, -0.05) is 31.1 Å². The predicted molar refractivity (Wildman–Crippen MR) is 93.0 cm³/mol. The molecule has 144 valence electrons. The van der Waals surface area contributed by atoms with E-state index in [2.05, 4.69) is 20.2 Å². The van der Waals surface area contributed by atoms with Gasteiger partial charge in [-0.05, 0) is 13.8 Å². The van der Waals surface area contributed by atoms with E-state index in [4.69, 9.17) is 9.05 Å². The number of piperazine rings is 1. The lowest BCUT2D eigenvalue weighted by Crippen LogP contribution is -2.48. The number of aryl methyl sites for hydroxylation is 2. The fourth-order valence-electron chi connectivity index (χ4n) is 2.91. The Morgan fingerprint density at radius 2 is 1.69 bits per heavy atom. The van der Waals surface area contributed by atoms with Crippen molar-refractivity contribution < 1.29 is 17.5 Å². The van der Waals surface area contributed by atoms with E-state index in [0.717, 1.165) is 0 Å². The number of hydrogen-bond acceptors (Lipinski definition) is 8. The van der Waals surface area contributed by atoms with Crippen LogP contribution >= 0.6 is 0 Å². The van der Waals surface area contributed by atoms with Gasteiger partial charge >= 0.3 is 0 Å². The average Bonchev–Trinajstić information content (AvgIpc) is 3.14. The van der Waals surface area contributed by atoms with Gasteiger partial charge in [0.25, 0.3) is 0 Å². The summed E-state index contributed by atoms with van der Waals surface area (Å²) >= 11 is 0. The first-order valence-corrected chi connectivity index (χ1v) is 10.0. The van der Waals surface area contributed by atoms with Crippen LogP contribution in [0.15, 0.2) is 13.9 Å². The van der Waals surface area contributed by atoms with Crippen LogP contribution in [-0.2, 0) is 22.0 Å². The Hall–Kier alpha value is -1.78. The molecule has 1 saturated heterocycles. The standard InChI is InChI=1S/C16H25N5O4S/c1-11-14(12(2)24-18-11)26(22,23)21-8-6-20(7-9-21)10-13-17-15(19-25-13)16(3,4)5/h6-10H2,1-5H3. The van der Waals surface area contributed by atoms with Crippen LogP contribution in [0.2, 0.25) is 0 Å². The van der Waals surface area contributed by atoms with Gasteiger partial charge in [-0.15, -0.1) is 0 Å². The third-order valence-electron chi connectivity index (χ3n) is 4.39. The summed E-state index contributed by atoms with van der Waals surface area (Å²) in [4.78, 5) is 6.72. The van der Waals surface area contributed by atoms with Crippen molar-refractivity contribution in [2.24, 2.45) is 0 Å². The number of nitrogens with zero attached hydrogens (tertiary/aromatic N) is 5. The highest BCUT2D eigenvalue weighted by atomic mass is 32.2. The monoisotopic (exact) mass is 383 g/mol. The quantitative estimate of drug-likeness (QED) is 0.782. The SMILES string of the molecule is Cc1noc(C)c1S(=O)(=O)N1CCN(Cc2nc(C(C)(C)C)no2)CC1. The lowest BCUT2D eigenvalue weighted by Gasteiger charge is -2.33. The third-order valence-corrected chi connectivity index (χ3v) is 6.54. The van der Waals surface area contributed by atoms with Crippen LogP contribution in [0.25, 0.3) is 0 Å². The number of aromatic nitrogens is 3. The number of hydrogen-bond donors (Lipinski definition) is 0. The minimum absolute atomic E-state index is 0.164. The highest BCUT2D eigenvalue weighted by Crippen LogP contribution is 2.24. The molecule has 9 nitrogen and oxygen atoms in total. The molecule has 1 fully saturated rings. The first kappa shape index (κ1) is 19.0. The smallest absolute Gasteiger partial charge is 0.248 e. The highest BCUT2D eigenvalue weighted by molar-refractivity contribution is 7.89. The van der Waals surface area contributed by atoms with Crippen molar-refractivity contribution in [1.29, 1.82) is 0 Å². The molecule has 0 atom stereocenters. The van der Waals surface area contributed by atoms with Gasteiger partial charge in [0.05, 0.1) is 6.54 Å². The van der Waals surface area contributed by atoms with Crippen LogP contribution in [-0.4, -0.2) is 59.1 Å². The van der Waals surface area contributed by atoms with Gasteiger partial charge in [0.15, 0.2) is 11.6 Å². The summed E-state index contributed by atoms with van der Waals surface area (Å²) < 4.78 is 37.5. The van der Waals surface area contributed by atoms with E-state index in [-0.39, 0.29) is 10.3 Å². The van der Waals surface area contributed by atoms with Gasteiger partial charge in [-0.25, -0.2) is 8.42 Å². The largest absolute Gasteiger partial charge is 0.360 e. The topological polar surface area (TPSA) is 106 Å². The van der Waals surface area contributed by atoms with Crippen molar-refractivity contribution in [3.63, 3.8) is 0 Å². The van der Waals surface area contributed by atoms with Gasteiger partial charge in [0, 0.05) is 31.6 Å². The summed E-state index contributed by atoms with van der Waals surface area (Å²) in [6.45, 7) is 11.8. The molecule has 0 saturated carbocycles. The molecule has 0 aromatic carbocycles. The van der Waals surface area contributed by atoms with Crippen LogP contribution in [0.1, 0.15) is 43.9 Å². The van der Waals surface area contributed by atoms with Crippen molar-refractivity contribution in [3.8, 4) is 0 Å². The van der Waals surface area contributed by atoms with Gasteiger partial charge in [0.1, 0.15) is 10.6 Å². The van der Waals surface area contributed by atoms with E-state index in [0.29, 0.717) is 55.9 Å². The summed E-state index contributed by atoms with van der Waals surface area (Å²) in [6.07, 6.45) is 0. The fourth-order valence-corrected chi connectivity index (χ4v) is 4.63. The second-order valence-corrected chi connectivity index (χ2v) is 9.47. The lowest BCUT2D eigenvalue weighted by atomic mass is 9.96. The molecule has 0 N–H and O–H groups in total. The zero-order valence-corrected chi connectivity index (χ0v) is 16.6. The molecule has 1 aliphatic heterocycles. The predicted octanol–water partition coefficient (Wildman–Crippen LogP) is 1.48. The van der Waals surface area contributed by atoms with Crippen molar-refractivity contribution in [3.05, 3.63) is 23.2 Å². The van der Waals surface area contributed by atoms with Crippen LogP contribution in [0.3, 0.4) is 0 Å². The maximum Gasteiger partial charge on any atom is 0.248 e. The van der Waals surface area contributed by atoms with E-state index >= 15 is 0 Å². The zero-order chi connectivity index (χ0) is 19.1.